The molecule has 1 aliphatic rings. The summed E-state index contributed by atoms with van der Waals surface area (Å²) in [6.45, 7) is 5.30. The zero-order chi connectivity index (χ0) is 17.6. The van der Waals surface area contributed by atoms with Crippen molar-refractivity contribution in [2.45, 2.75) is 45.4 Å². The molecule has 1 saturated heterocycles. The van der Waals surface area contributed by atoms with E-state index in [4.69, 9.17) is 14.0 Å². The van der Waals surface area contributed by atoms with Crippen LogP contribution in [0.3, 0.4) is 0 Å². The number of benzene rings is 1. The van der Waals surface area contributed by atoms with Crippen LogP contribution < -0.4 is 5.32 Å². The number of aromatic nitrogens is 1. The highest BCUT2D eigenvalue weighted by Crippen LogP contribution is 2.18. The third-order valence-corrected chi connectivity index (χ3v) is 4.41. The van der Waals surface area contributed by atoms with Crippen molar-refractivity contribution in [3.63, 3.8) is 0 Å². The third kappa shape index (κ3) is 4.27. The van der Waals surface area contributed by atoms with E-state index in [1.54, 1.807) is 6.92 Å². The number of amides is 1. The van der Waals surface area contributed by atoms with Gasteiger partial charge in [-0.25, -0.2) is 0 Å². The van der Waals surface area contributed by atoms with E-state index in [0.717, 1.165) is 12.0 Å². The zero-order valence-corrected chi connectivity index (χ0v) is 14.7. The average Bonchev–Trinajstić information content (AvgIpc) is 3.02. The van der Waals surface area contributed by atoms with E-state index >= 15 is 0 Å². The van der Waals surface area contributed by atoms with E-state index < -0.39 is 0 Å². The molecular formula is C19H24N2O4. The molecule has 0 radical (unpaired) electrons. The van der Waals surface area contributed by atoms with Crippen LogP contribution in [-0.4, -0.2) is 36.4 Å². The number of carbonyl (C=O) groups is 1. The molecule has 1 aromatic carbocycles. The normalized spacial score (nSPS) is 20.4. The van der Waals surface area contributed by atoms with Crippen LogP contribution >= 0.6 is 0 Å². The summed E-state index contributed by atoms with van der Waals surface area (Å²) in [6, 6.07) is 9.82. The number of carbonyl (C=O) groups excluding carboxylic acids is 1. The highest BCUT2D eigenvalue weighted by molar-refractivity contribution is 5.96. The van der Waals surface area contributed by atoms with Gasteiger partial charge in [0.05, 0.1) is 31.1 Å². The summed E-state index contributed by atoms with van der Waals surface area (Å²) >= 11 is 0. The van der Waals surface area contributed by atoms with E-state index in [9.17, 15) is 4.79 Å². The Balaban J connectivity index is 1.64. The van der Waals surface area contributed by atoms with Crippen molar-refractivity contribution in [3.05, 3.63) is 52.9 Å². The van der Waals surface area contributed by atoms with Crippen LogP contribution in [0.5, 0.6) is 0 Å². The topological polar surface area (TPSA) is 73.6 Å². The highest BCUT2D eigenvalue weighted by Gasteiger charge is 2.30. The molecule has 3 rings (SSSR count). The van der Waals surface area contributed by atoms with Gasteiger partial charge in [0.1, 0.15) is 11.3 Å². The van der Waals surface area contributed by atoms with E-state index in [1.165, 1.54) is 0 Å². The van der Waals surface area contributed by atoms with E-state index in [-0.39, 0.29) is 18.1 Å². The van der Waals surface area contributed by atoms with Crippen molar-refractivity contribution >= 4 is 5.91 Å². The van der Waals surface area contributed by atoms with E-state index in [0.29, 0.717) is 43.3 Å². The predicted molar refractivity (Wildman–Crippen MR) is 92.3 cm³/mol. The first-order chi connectivity index (χ1) is 12.2. The van der Waals surface area contributed by atoms with E-state index in [1.807, 2.05) is 37.3 Å². The summed E-state index contributed by atoms with van der Waals surface area (Å²) in [7, 11) is 0. The summed E-state index contributed by atoms with van der Waals surface area (Å²) in [5, 5.41) is 6.98. The monoisotopic (exact) mass is 344 g/mol. The Hall–Kier alpha value is -2.18. The minimum atomic E-state index is -0.191. The second kappa shape index (κ2) is 8.27. The maximum atomic E-state index is 12.7. The third-order valence-electron chi connectivity index (χ3n) is 4.41. The van der Waals surface area contributed by atoms with Gasteiger partial charge in [0.15, 0.2) is 0 Å². The van der Waals surface area contributed by atoms with Crippen LogP contribution in [0.15, 0.2) is 34.9 Å². The molecule has 134 valence electrons. The fourth-order valence-corrected chi connectivity index (χ4v) is 3.02. The summed E-state index contributed by atoms with van der Waals surface area (Å²) in [5.41, 5.74) is 2.31. The fraction of sp³-hybridized carbons (Fsp3) is 0.474. The Morgan fingerprint density at radius 2 is 2.16 bits per heavy atom. The summed E-state index contributed by atoms with van der Waals surface area (Å²) < 4.78 is 16.7. The molecule has 0 aliphatic carbocycles. The van der Waals surface area contributed by atoms with Gasteiger partial charge in [0.2, 0.25) is 0 Å². The molecule has 6 heteroatoms. The lowest BCUT2D eigenvalue weighted by Crippen LogP contribution is -2.50. The first kappa shape index (κ1) is 17.6. The van der Waals surface area contributed by atoms with Gasteiger partial charge in [-0.2, -0.15) is 0 Å². The Labute approximate surface area is 147 Å². The van der Waals surface area contributed by atoms with Gasteiger partial charge in [0, 0.05) is 6.61 Å². The van der Waals surface area contributed by atoms with Gasteiger partial charge in [-0.15, -0.1) is 0 Å². The smallest absolute Gasteiger partial charge is 0.257 e. The fourth-order valence-electron chi connectivity index (χ4n) is 3.02. The molecule has 0 saturated carbocycles. The van der Waals surface area contributed by atoms with Crippen molar-refractivity contribution in [3.8, 4) is 0 Å². The standard InChI is InChI=1S/C19H24N2O4/c1-3-15-18(13(2)25-21-15)19(22)20-16-12-23-10-9-17(16)24-11-14-7-5-4-6-8-14/h4-8,16-17H,3,9-12H2,1-2H3,(H,20,22)/t16-,17+/m1/s1. The second-order valence-electron chi connectivity index (χ2n) is 6.19. The van der Waals surface area contributed by atoms with Gasteiger partial charge < -0.3 is 19.3 Å². The number of rotatable bonds is 6. The minimum absolute atomic E-state index is 0.0804. The van der Waals surface area contributed by atoms with Gasteiger partial charge >= 0.3 is 0 Å². The van der Waals surface area contributed by atoms with Crippen LogP contribution in [0.4, 0.5) is 0 Å². The SMILES string of the molecule is CCc1noc(C)c1C(=O)N[C@@H]1COCC[C@@H]1OCc1ccccc1. The number of hydrogen-bond donors (Lipinski definition) is 1. The first-order valence-electron chi connectivity index (χ1n) is 8.68. The average molecular weight is 344 g/mol. The highest BCUT2D eigenvalue weighted by atomic mass is 16.5. The summed E-state index contributed by atoms with van der Waals surface area (Å²) in [5.74, 6) is 0.354. The molecule has 25 heavy (non-hydrogen) atoms. The Morgan fingerprint density at radius 1 is 1.36 bits per heavy atom. The summed E-state index contributed by atoms with van der Waals surface area (Å²) in [4.78, 5) is 12.7. The molecular weight excluding hydrogens is 320 g/mol. The largest absolute Gasteiger partial charge is 0.379 e. The van der Waals surface area contributed by atoms with Crippen LogP contribution in [0.2, 0.25) is 0 Å². The predicted octanol–water partition coefficient (Wildman–Crippen LogP) is 2.65. The van der Waals surface area contributed by atoms with Crippen molar-refractivity contribution in [1.82, 2.24) is 10.5 Å². The molecule has 1 aromatic heterocycles. The lowest BCUT2D eigenvalue weighted by molar-refractivity contribution is -0.0605. The van der Waals surface area contributed by atoms with E-state index in [2.05, 4.69) is 10.5 Å². The lowest BCUT2D eigenvalue weighted by atomic mass is 10.0. The van der Waals surface area contributed by atoms with Crippen molar-refractivity contribution in [1.29, 1.82) is 0 Å². The number of aryl methyl sites for hydroxylation is 2. The van der Waals surface area contributed by atoms with Crippen LogP contribution in [0, 0.1) is 6.92 Å². The molecule has 0 unspecified atom stereocenters. The van der Waals surface area contributed by atoms with Gasteiger partial charge in [-0.1, -0.05) is 42.4 Å². The van der Waals surface area contributed by atoms with Crippen LogP contribution in [0.1, 0.15) is 40.7 Å². The molecule has 2 heterocycles. The van der Waals surface area contributed by atoms with Gasteiger partial charge in [0.25, 0.3) is 5.91 Å². The Morgan fingerprint density at radius 3 is 2.92 bits per heavy atom. The van der Waals surface area contributed by atoms with Crippen molar-refractivity contribution < 1.29 is 18.8 Å². The summed E-state index contributed by atoms with van der Waals surface area (Å²) in [6.07, 6.45) is 1.32. The number of ether oxygens (including phenoxy) is 2. The zero-order valence-electron chi connectivity index (χ0n) is 14.7. The molecule has 6 nitrogen and oxygen atoms in total. The molecule has 1 N–H and O–H groups in total. The van der Waals surface area contributed by atoms with Crippen molar-refractivity contribution in [2.24, 2.45) is 0 Å². The molecule has 1 aliphatic heterocycles. The molecule has 2 aromatic rings. The number of nitrogens with one attached hydrogen (secondary N) is 1. The van der Waals surface area contributed by atoms with Gasteiger partial charge in [-0.05, 0) is 25.3 Å². The van der Waals surface area contributed by atoms with Gasteiger partial charge in [-0.3, -0.25) is 4.79 Å². The Bertz CT molecular complexity index is 699. The lowest BCUT2D eigenvalue weighted by Gasteiger charge is -2.32. The second-order valence-corrected chi connectivity index (χ2v) is 6.19. The number of hydrogen-bond acceptors (Lipinski definition) is 5. The minimum Gasteiger partial charge on any atom is -0.379 e. The molecule has 0 bridgehead atoms. The first-order valence-corrected chi connectivity index (χ1v) is 8.68. The Kier molecular flexibility index (Phi) is 5.83. The molecule has 2 atom stereocenters. The maximum absolute atomic E-state index is 12.7. The van der Waals surface area contributed by atoms with Crippen LogP contribution in [0.25, 0.3) is 0 Å². The van der Waals surface area contributed by atoms with Crippen LogP contribution in [-0.2, 0) is 22.5 Å². The molecule has 1 amide bonds. The quantitative estimate of drug-likeness (QED) is 0.872. The molecule has 1 fully saturated rings. The maximum Gasteiger partial charge on any atom is 0.257 e. The number of nitrogens with zero attached hydrogens (tertiary/aromatic N) is 1. The van der Waals surface area contributed by atoms with Crippen molar-refractivity contribution in [2.75, 3.05) is 13.2 Å². The molecule has 0 spiro atoms.